The minimum atomic E-state index is -1.33. The van der Waals surface area contributed by atoms with Gasteiger partial charge in [0, 0.05) is 12.0 Å². The normalized spacial score (nSPS) is 15.1. The Balaban J connectivity index is 2.14. The van der Waals surface area contributed by atoms with Gasteiger partial charge in [0.25, 0.3) is 5.91 Å². The lowest BCUT2D eigenvalue weighted by molar-refractivity contribution is -0.140. The summed E-state index contributed by atoms with van der Waals surface area (Å²) in [6, 6.07) is 3.27. The number of aliphatic carboxylic acids is 1. The summed E-state index contributed by atoms with van der Waals surface area (Å²) in [6.07, 6.45) is 0.752. The van der Waals surface area contributed by atoms with Crippen LogP contribution in [0.15, 0.2) is 18.2 Å². The molecular formula is C13H15NO6. The summed E-state index contributed by atoms with van der Waals surface area (Å²) in [5.41, 5.74) is 0.244. The molecule has 3 N–H and O–H groups in total. The van der Waals surface area contributed by atoms with Crippen molar-refractivity contribution < 1.29 is 29.3 Å². The lowest BCUT2D eigenvalue weighted by Gasteiger charge is -2.13. The Morgan fingerprint density at radius 1 is 1.25 bits per heavy atom. The topological polar surface area (TPSA) is 105 Å². The van der Waals surface area contributed by atoms with E-state index in [0.717, 1.165) is 6.42 Å². The molecule has 0 aromatic heterocycles. The van der Waals surface area contributed by atoms with E-state index in [1.165, 1.54) is 12.1 Å². The van der Waals surface area contributed by atoms with Gasteiger partial charge in [0.15, 0.2) is 17.5 Å². The van der Waals surface area contributed by atoms with Gasteiger partial charge < -0.3 is 25.0 Å². The summed E-state index contributed by atoms with van der Waals surface area (Å²) >= 11 is 0. The molecule has 0 bridgehead atoms. The summed E-state index contributed by atoms with van der Waals surface area (Å²) in [6.45, 7) is 0.363. The number of nitrogens with one attached hydrogen (secondary N) is 1. The maximum absolute atomic E-state index is 11.9. The fraction of sp³-hybridized carbons (Fsp3) is 0.385. The molecule has 2 rings (SSSR count). The first-order chi connectivity index (χ1) is 9.61. The number of fused-ring (bicyclic) bond motifs is 1. The summed E-state index contributed by atoms with van der Waals surface area (Å²) in [4.78, 5) is 22.7. The van der Waals surface area contributed by atoms with E-state index in [-0.39, 0.29) is 5.56 Å². The summed E-state index contributed by atoms with van der Waals surface area (Å²) in [7, 11) is 0. The smallest absolute Gasteiger partial charge is 0.328 e. The van der Waals surface area contributed by atoms with Crippen LogP contribution >= 0.6 is 0 Å². The van der Waals surface area contributed by atoms with Crippen molar-refractivity contribution >= 4 is 11.9 Å². The molecular weight excluding hydrogens is 266 g/mol. The molecule has 1 unspecified atom stereocenters. The van der Waals surface area contributed by atoms with Gasteiger partial charge in [0.1, 0.15) is 0 Å². The minimum absolute atomic E-state index is 0.244. The Hall–Kier alpha value is -2.28. The quantitative estimate of drug-likeness (QED) is 0.718. The molecule has 0 aliphatic carbocycles. The molecule has 0 radical (unpaired) electrons. The Kier molecular flexibility index (Phi) is 4.41. The number of rotatable bonds is 4. The molecule has 1 amide bonds. The van der Waals surface area contributed by atoms with Gasteiger partial charge in [0.2, 0.25) is 0 Å². The highest BCUT2D eigenvalue weighted by Crippen LogP contribution is 2.30. The molecule has 0 saturated carbocycles. The van der Waals surface area contributed by atoms with Crippen molar-refractivity contribution in [3.05, 3.63) is 23.8 Å². The van der Waals surface area contributed by atoms with Gasteiger partial charge in [-0.1, -0.05) is 0 Å². The number of carboxylic acid groups (broad SMARTS) is 1. The van der Waals surface area contributed by atoms with Gasteiger partial charge in [0.05, 0.1) is 19.8 Å². The SMILES string of the molecule is O=C(NC(CO)C(=O)O)c1ccc2c(c1)OCCCO2. The van der Waals surface area contributed by atoms with Crippen LogP contribution in [-0.2, 0) is 4.79 Å². The Bertz CT molecular complexity index is 516. The summed E-state index contributed by atoms with van der Waals surface area (Å²) in [5, 5.41) is 19.9. The van der Waals surface area contributed by atoms with E-state index in [1.54, 1.807) is 6.07 Å². The fourth-order valence-corrected chi connectivity index (χ4v) is 1.73. The first-order valence-corrected chi connectivity index (χ1v) is 6.16. The number of carbonyl (C=O) groups excluding carboxylic acids is 1. The second-order valence-corrected chi connectivity index (χ2v) is 4.26. The van der Waals surface area contributed by atoms with Crippen molar-refractivity contribution in [3.8, 4) is 11.5 Å². The highest BCUT2D eigenvalue weighted by atomic mass is 16.5. The predicted molar refractivity (Wildman–Crippen MR) is 68.0 cm³/mol. The molecule has 1 aliphatic heterocycles. The molecule has 7 heteroatoms. The highest BCUT2D eigenvalue weighted by Gasteiger charge is 2.21. The average molecular weight is 281 g/mol. The number of aliphatic hydroxyl groups is 1. The Labute approximate surface area is 115 Å². The van der Waals surface area contributed by atoms with Gasteiger partial charge >= 0.3 is 5.97 Å². The number of carbonyl (C=O) groups is 2. The fourth-order valence-electron chi connectivity index (χ4n) is 1.73. The molecule has 0 saturated heterocycles. The molecule has 1 heterocycles. The number of carboxylic acids is 1. The van der Waals surface area contributed by atoms with Crippen LogP contribution in [0, 0.1) is 0 Å². The van der Waals surface area contributed by atoms with E-state index in [4.69, 9.17) is 19.7 Å². The third kappa shape index (κ3) is 3.18. The largest absolute Gasteiger partial charge is 0.490 e. The second-order valence-electron chi connectivity index (χ2n) is 4.26. The zero-order valence-corrected chi connectivity index (χ0v) is 10.7. The summed E-state index contributed by atoms with van der Waals surface area (Å²) < 4.78 is 10.9. The van der Waals surface area contributed by atoms with Gasteiger partial charge in [-0.05, 0) is 18.2 Å². The predicted octanol–water partition coefficient (Wildman–Crippen LogP) is 0.0232. The number of hydrogen-bond acceptors (Lipinski definition) is 5. The second kappa shape index (κ2) is 6.25. The lowest BCUT2D eigenvalue weighted by atomic mass is 10.1. The first kappa shape index (κ1) is 14.1. The molecule has 1 aliphatic rings. The van der Waals surface area contributed by atoms with Crippen molar-refractivity contribution in [2.75, 3.05) is 19.8 Å². The molecule has 1 aromatic rings. The van der Waals surface area contributed by atoms with Crippen LogP contribution in [0.25, 0.3) is 0 Å². The molecule has 1 aromatic carbocycles. The zero-order valence-electron chi connectivity index (χ0n) is 10.7. The van der Waals surface area contributed by atoms with Crippen LogP contribution < -0.4 is 14.8 Å². The van der Waals surface area contributed by atoms with Crippen LogP contribution in [0.1, 0.15) is 16.8 Å². The molecule has 108 valence electrons. The molecule has 0 fully saturated rings. The van der Waals surface area contributed by atoms with Crippen LogP contribution in [-0.4, -0.2) is 48.0 Å². The highest BCUT2D eigenvalue weighted by molar-refractivity contribution is 5.97. The first-order valence-electron chi connectivity index (χ1n) is 6.16. The number of hydrogen-bond donors (Lipinski definition) is 3. The minimum Gasteiger partial charge on any atom is -0.490 e. The van der Waals surface area contributed by atoms with Gasteiger partial charge in [-0.15, -0.1) is 0 Å². The van der Waals surface area contributed by atoms with Crippen LogP contribution in [0.3, 0.4) is 0 Å². The molecule has 20 heavy (non-hydrogen) atoms. The lowest BCUT2D eigenvalue weighted by Crippen LogP contribution is -2.43. The standard InChI is InChI=1S/C13H15NO6/c15-7-9(13(17)18)14-12(16)8-2-3-10-11(6-8)20-5-1-4-19-10/h2-3,6,9,15H,1,4-5,7H2,(H,14,16)(H,17,18). The third-order valence-corrected chi connectivity index (χ3v) is 2.80. The van der Waals surface area contributed by atoms with Crippen molar-refractivity contribution in [2.24, 2.45) is 0 Å². The van der Waals surface area contributed by atoms with E-state index in [1.807, 2.05) is 0 Å². The number of amides is 1. The number of ether oxygens (including phenoxy) is 2. The van der Waals surface area contributed by atoms with E-state index in [9.17, 15) is 9.59 Å². The van der Waals surface area contributed by atoms with Crippen molar-refractivity contribution in [1.82, 2.24) is 5.32 Å². The molecule has 1 atom stereocenters. The maximum Gasteiger partial charge on any atom is 0.328 e. The third-order valence-electron chi connectivity index (χ3n) is 2.80. The summed E-state index contributed by atoms with van der Waals surface area (Å²) in [5.74, 6) is -0.890. The van der Waals surface area contributed by atoms with Crippen molar-refractivity contribution in [2.45, 2.75) is 12.5 Å². The zero-order chi connectivity index (χ0) is 14.5. The monoisotopic (exact) mass is 281 g/mol. The van der Waals surface area contributed by atoms with Crippen molar-refractivity contribution in [1.29, 1.82) is 0 Å². The van der Waals surface area contributed by atoms with E-state index in [0.29, 0.717) is 24.7 Å². The number of aliphatic hydroxyl groups excluding tert-OH is 1. The van der Waals surface area contributed by atoms with Gasteiger partial charge in [-0.2, -0.15) is 0 Å². The Morgan fingerprint density at radius 2 is 1.95 bits per heavy atom. The average Bonchev–Trinajstić information content (AvgIpc) is 2.68. The van der Waals surface area contributed by atoms with Crippen LogP contribution in [0.4, 0.5) is 0 Å². The molecule has 0 spiro atoms. The van der Waals surface area contributed by atoms with E-state index >= 15 is 0 Å². The number of benzene rings is 1. The van der Waals surface area contributed by atoms with Gasteiger partial charge in [-0.3, -0.25) is 4.79 Å². The van der Waals surface area contributed by atoms with Gasteiger partial charge in [-0.25, -0.2) is 4.79 Å². The van der Waals surface area contributed by atoms with E-state index in [2.05, 4.69) is 5.32 Å². The molecule has 7 nitrogen and oxygen atoms in total. The van der Waals surface area contributed by atoms with Crippen LogP contribution in [0.2, 0.25) is 0 Å². The van der Waals surface area contributed by atoms with Crippen molar-refractivity contribution in [3.63, 3.8) is 0 Å². The maximum atomic E-state index is 11.9. The van der Waals surface area contributed by atoms with E-state index < -0.39 is 24.5 Å². The van der Waals surface area contributed by atoms with Crippen LogP contribution in [0.5, 0.6) is 11.5 Å². The Morgan fingerprint density at radius 3 is 2.60 bits per heavy atom.